The minimum Gasteiger partial charge on any atom is -0.462 e. The van der Waals surface area contributed by atoms with Crippen LogP contribution < -0.4 is 0 Å². The first-order valence-corrected chi connectivity index (χ1v) is 26.5. The van der Waals surface area contributed by atoms with Gasteiger partial charge in [0.1, 0.15) is 18.5 Å². The summed E-state index contributed by atoms with van der Waals surface area (Å²) in [5, 5.41) is 30.6. The van der Waals surface area contributed by atoms with Crippen molar-refractivity contribution in [3.63, 3.8) is 0 Å². The molecule has 1 fully saturated rings. The highest BCUT2D eigenvalue weighted by molar-refractivity contribution is 7.47. The molecule has 0 heterocycles. The van der Waals surface area contributed by atoms with Crippen molar-refractivity contribution >= 4 is 33.4 Å². The van der Waals surface area contributed by atoms with Crippen molar-refractivity contribution in [2.75, 3.05) is 26.4 Å². The SMILES string of the molecule is CCCCCCCCCCCCCCCCCC(=O)OC[C@H](COP(=O)(O)OC[C@@H](O)COP(=O)(O)O)OC(=O)CCCCCC[C@H]1[C@@H](O)CC(=O)[C@@H]1/C=C/[C@@H](O)CCCCC. The topological polar surface area (TPSA) is 253 Å². The smallest absolute Gasteiger partial charge is 0.462 e. The molecule has 0 amide bonds. The van der Waals surface area contributed by atoms with Crippen molar-refractivity contribution in [2.45, 2.75) is 212 Å². The fourth-order valence-corrected chi connectivity index (χ4v) is 8.59. The maximum Gasteiger partial charge on any atom is 0.472 e. The molecule has 18 heteroatoms. The number of aliphatic hydroxyl groups is 3. The van der Waals surface area contributed by atoms with E-state index in [0.717, 1.165) is 44.9 Å². The molecule has 0 spiro atoms. The molecule has 1 unspecified atom stereocenters. The summed E-state index contributed by atoms with van der Waals surface area (Å²) in [7, 11) is -9.77. The lowest BCUT2D eigenvalue weighted by atomic mass is 9.88. The molecule has 0 bridgehead atoms. The number of allylic oxidation sites excluding steroid dienone is 1. The third-order valence-corrected chi connectivity index (χ3v) is 12.5. The maximum atomic E-state index is 12.8. The Labute approximate surface area is 371 Å². The van der Waals surface area contributed by atoms with Gasteiger partial charge in [-0.25, -0.2) is 9.13 Å². The number of unbranched alkanes of at least 4 members (excludes halogenated alkanes) is 19. The van der Waals surface area contributed by atoms with Crippen molar-refractivity contribution in [1.82, 2.24) is 0 Å². The Hall–Kier alpha value is -1.55. The molecule has 7 atom stereocenters. The van der Waals surface area contributed by atoms with Crippen molar-refractivity contribution in [3.05, 3.63) is 12.2 Å². The molecule has 0 aromatic heterocycles. The fourth-order valence-electron chi connectivity index (χ4n) is 7.43. The van der Waals surface area contributed by atoms with Crippen LogP contribution in [0.15, 0.2) is 12.2 Å². The fraction of sp³-hybridized carbons (Fsp3) is 0.886. The van der Waals surface area contributed by atoms with E-state index < -0.39 is 84.3 Å². The molecular weight excluding hydrogens is 846 g/mol. The number of aliphatic hydroxyl groups excluding tert-OH is 3. The number of hydrogen-bond donors (Lipinski definition) is 6. The van der Waals surface area contributed by atoms with Crippen LogP contribution in [0.5, 0.6) is 0 Å². The average Bonchev–Trinajstić information content (AvgIpc) is 3.49. The van der Waals surface area contributed by atoms with Crippen LogP contribution in [0.4, 0.5) is 0 Å². The monoisotopic (exact) mass is 929 g/mol. The van der Waals surface area contributed by atoms with Crippen molar-refractivity contribution in [3.8, 4) is 0 Å². The number of rotatable bonds is 41. The second kappa shape index (κ2) is 35.7. The number of Topliss-reactive ketones (excluding diaryl/α,β-unsaturated/α-hetero) is 1. The van der Waals surface area contributed by atoms with Gasteiger partial charge in [0.2, 0.25) is 0 Å². The van der Waals surface area contributed by atoms with Gasteiger partial charge in [-0.05, 0) is 31.6 Å². The number of phosphoric ester groups is 2. The molecule has 0 saturated heterocycles. The normalized spacial score (nSPS) is 19.4. The van der Waals surface area contributed by atoms with Crippen molar-refractivity contribution < 1.29 is 76.6 Å². The Kier molecular flexibility index (Phi) is 33.6. The van der Waals surface area contributed by atoms with Gasteiger partial charge in [0.15, 0.2) is 6.10 Å². The molecule has 0 aromatic rings. The van der Waals surface area contributed by atoms with Crippen LogP contribution in [0.1, 0.15) is 187 Å². The summed E-state index contributed by atoms with van der Waals surface area (Å²) >= 11 is 0. The second-order valence-corrected chi connectivity index (χ2v) is 19.5. The number of esters is 2. The second-order valence-electron chi connectivity index (χ2n) is 16.8. The summed E-state index contributed by atoms with van der Waals surface area (Å²) in [4.78, 5) is 65.5. The van der Waals surface area contributed by atoms with E-state index in [2.05, 4.69) is 22.9 Å². The first-order chi connectivity index (χ1) is 29.6. The van der Waals surface area contributed by atoms with E-state index in [1.807, 2.05) is 0 Å². The summed E-state index contributed by atoms with van der Waals surface area (Å²) < 4.78 is 47.9. The van der Waals surface area contributed by atoms with E-state index in [-0.39, 0.29) is 31.0 Å². The van der Waals surface area contributed by atoms with Crippen LogP contribution in [-0.2, 0) is 46.6 Å². The number of carbonyl (C=O) groups is 3. The van der Waals surface area contributed by atoms with E-state index in [0.29, 0.717) is 38.5 Å². The van der Waals surface area contributed by atoms with E-state index in [1.165, 1.54) is 70.6 Å². The lowest BCUT2D eigenvalue weighted by Gasteiger charge is -2.20. The first kappa shape index (κ1) is 58.5. The Morgan fingerprint density at radius 3 is 1.71 bits per heavy atom. The highest BCUT2D eigenvalue weighted by atomic mass is 31.2. The number of ether oxygens (including phenoxy) is 2. The van der Waals surface area contributed by atoms with Gasteiger partial charge in [0.25, 0.3) is 0 Å². The van der Waals surface area contributed by atoms with Gasteiger partial charge in [-0.15, -0.1) is 0 Å². The molecule has 1 saturated carbocycles. The molecular formula is C44H82O16P2. The Morgan fingerprint density at radius 2 is 1.15 bits per heavy atom. The summed E-state index contributed by atoms with van der Waals surface area (Å²) in [5.41, 5.74) is 0. The van der Waals surface area contributed by atoms with E-state index in [1.54, 1.807) is 12.2 Å². The van der Waals surface area contributed by atoms with E-state index >= 15 is 0 Å². The molecule has 6 N–H and O–H groups in total. The van der Waals surface area contributed by atoms with E-state index in [4.69, 9.17) is 23.8 Å². The predicted octanol–water partition coefficient (Wildman–Crippen LogP) is 8.71. The Balaban J connectivity index is 2.51. The predicted molar refractivity (Wildman–Crippen MR) is 236 cm³/mol. The largest absolute Gasteiger partial charge is 0.472 e. The molecule has 364 valence electrons. The zero-order chi connectivity index (χ0) is 46.1. The lowest BCUT2D eigenvalue weighted by molar-refractivity contribution is -0.161. The molecule has 1 aliphatic carbocycles. The molecule has 16 nitrogen and oxygen atoms in total. The number of hydrogen-bond acceptors (Lipinski definition) is 13. The van der Waals surface area contributed by atoms with Gasteiger partial charge >= 0.3 is 27.6 Å². The standard InChI is InChI=1S/C44H82O16P2/c1-3-5-7-8-9-10-11-12-13-14-15-16-17-18-23-27-43(49)56-34-38(35-59-62(54,55)58-33-37(46)32-57-61(51,52)53)60-44(50)28-24-20-19-22-26-39-40(42(48)31-41(39)47)30-29-36(45)25-21-6-4-2/h29-30,36-41,45-47H,3-28,31-35H2,1-2H3,(H,54,55)(H2,51,52,53)/b30-29+/t36-,37-,38+,39+,40+,41-/m0/s1. The highest BCUT2D eigenvalue weighted by Crippen LogP contribution is 2.44. The van der Waals surface area contributed by atoms with E-state index in [9.17, 15) is 43.7 Å². The zero-order valence-corrected chi connectivity index (χ0v) is 39.5. The van der Waals surface area contributed by atoms with Gasteiger partial charge in [0.05, 0.1) is 32.0 Å². The third kappa shape index (κ3) is 32.2. The van der Waals surface area contributed by atoms with Crippen LogP contribution in [0.25, 0.3) is 0 Å². The Bertz CT molecular complexity index is 1310. The molecule has 62 heavy (non-hydrogen) atoms. The van der Waals surface area contributed by atoms with Gasteiger partial charge < -0.3 is 39.5 Å². The highest BCUT2D eigenvalue weighted by Gasteiger charge is 2.39. The van der Waals surface area contributed by atoms with Crippen LogP contribution in [-0.4, -0.2) is 98.6 Å². The van der Waals surface area contributed by atoms with Crippen LogP contribution in [0, 0.1) is 11.8 Å². The van der Waals surface area contributed by atoms with Crippen LogP contribution in [0.3, 0.4) is 0 Å². The van der Waals surface area contributed by atoms with Gasteiger partial charge in [-0.2, -0.15) is 0 Å². The maximum absolute atomic E-state index is 12.8. The summed E-state index contributed by atoms with van der Waals surface area (Å²) in [6.45, 7) is 1.41. The van der Waals surface area contributed by atoms with Gasteiger partial charge in [-0.3, -0.25) is 28.0 Å². The Morgan fingerprint density at radius 1 is 0.661 bits per heavy atom. The van der Waals surface area contributed by atoms with Gasteiger partial charge in [0, 0.05) is 25.2 Å². The third-order valence-electron chi connectivity index (χ3n) is 11.1. The molecule has 0 radical (unpaired) electrons. The quantitative estimate of drug-likeness (QED) is 0.0145. The molecule has 1 rings (SSSR count). The van der Waals surface area contributed by atoms with Crippen molar-refractivity contribution in [1.29, 1.82) is 0 Å². The minimum atomic E-state index is -4.89. The summed E-state index contributed by atoms with van der Waals surface area (Å²) in [6, 6.07) is 0. The average molecular weight is 929 g/mol. The number of ketones is 1. The molecule has 0 aromatic carbocycles. The zero-order valence-electron chi connectivity index (χ0n) is 37.7. The van der Waals surface area contributed by atoms with Crippen LogP contribution in [0.2, 0.25) is 0 Å². The van der Waals surface area contributed by atoms with Crippen molar-refractivity contribution in [2.24, 2.45) is 11.8 Å². The van der Waals surface area contributed by atoms with Gasteiger partial charge in [-0.1, -0.05) is 154 Å². The van der Waals surface area contributed by atoms with Crippen LogP contribution >= 0.6 is 15.6 Å². The minimum absolute atomic E-state index is 0.00551. The lowest BCUT2D eigenvalue weighted by Crippen LogP contribution is -2.30. The number of phosphoric acid groups is 2. The molecule has 0 aliphatic heterocycles. The summed E-state index contributed by atoms with van der Waals surface area (Å²) in [5.74, 6) is -1.89. The summed E-state index contributed by atoms with van der Waals surface area (Å²) in [6.07, 6.45) is 23.9. The molecule has 1 aliphatic rings. The number of carbonyl (C=O) groups excluding carboxylic acids is 3. The first-order valence-electron chi connectivity index (χ1n) is 23.5.